The summed E-state index contributed by atoms with van der Waals surface area (Å²) < 4.78 is 4.86. The van der Waals surface area contributed by atoms with Crippen LogP contribution >= 0.6 is 0 Å². The van der Waals surface area contributed by atoms with Crippen molar-refractivity contribution >= 4 is 65.2 Å². The number of hydrogen-bond acceptors (Lipinski definition) is 0. The van der Waals surface area contributed by atoms with Crippen molar-refractivity contribution in [3.05, 3.63) is 218 Å². The number of aromatic nitrogens is 2. The lowest BCUT2D eigenvalue weighted by Crippen LogP contribution is -1.96. The second-order valence-corrected chi connectivity index (χ2v) is 15.4. The number of rotatable bonds is 5. The molecule has 0 atom stereocenters. The summed E-state index contributed by atoms with van der Waals surface area (Å²) in [4.78, 5) is 0. The molecule has 2 nitrogen and oxygen atoms in total. The Bertz CT molecular complexity index is 3470. The summed E-state index contributed by atoms with van der Waals surface area (Å²) in [7, 11) is 0. The Morgan fingerprint density at radius 2 is 0.655 bits per heavy atom. The van der Waals surface area contributed by atoms with Crippen molar-refractivity contribution in [3.63, 3.8) is 0 Å². The number of nitrogens with zero attached hydrogens (tertiary/aromatic N) is 2. The smallest absolute Gasteiger partial charge is 0.0547 e. The molecule has 0 unspecified atom stereocenters. The molecule has 2 heteroatoms. The van der Waals surface area contributed by atoms with Gasteiger partial charge in [0.25, 0.3) is 0 Å². The van der Waals surface area contributed by atoms with Crippen LogP contribution in [0.4, 0.5) is 0 Å². The van der Waals surface area contributed by atoms with Crippen molar-refractivity contribution in [1.82, 2.24) is 9.13 Å². The Balaban J connectivity index is 1.08. The molecular weight excluding hydrogens is 701 g/mol. The first-order chi connectivity index (χ1) is 28.7. The Morgan fingerprint density at radius 1 is 0.207 bits per heavy atom. The second-order valence-electron chi connectivity index (χ2n) is 15.4. The Labute approximate surface area is 336 Å². The molecule has 10 aromatic carbocycles. The third kappa shape index (κ3) is 5.19. The molecule has 0 aliphatic heterocycles. The molecule has 0 aliphatic carbocycles. The standard InChI is InChI=1S/C56H36N2/c1-2-16-47(17-3-1)57-54-21-11-9-19-50(54)52-35-43(27-29-55(52)57)44-26-28-51-49-18-8-10-20-53(49)58(56(51)36-44)48-33-45(41-24-22-37-12-4-6-14-39(37)30-41)32-46(34-48)42-25-23-38-13-5-7-15-40(38)31-42/h1-36H. The molecule has 0 fully saturated rings. The molecule has 2 aromatic heterocycles. The molecule has 0 radical (unpaired) electrons. The van der Waals surface area contributed by atoms with Crippen molar-refractivity contribution in [2.24, 2.45) is 0 Å². The Kier molecular flexibility index (Phi) is 7.26. The van der Waals surface area contributed by atoms with Gasteiger partial charge in [-0.25, -0.2) is 0 Å². The van der Waals surface area contributed by atoms with E-state index in [1.165, 1.54) is 104 Å². The van der Waals surface area contributed by atoms with Gasteiger partial charge in [0.15, 0.2) is 0 Å². The van der Waals surface area contributed by atoms with E-state index < -0.39 is 0 Å². The van der Waals surface area contributed by atoms with Crippen molar-refractivity contribution in [3.8, 4) is 44.8 Å². The first-order valence-corrected chi connectivity index (χ1v) is 20.0. The summed E-state index contributed by atoms with van der Waals surface area (Å²) in [6.07, 6.45) is 0. The second kappa shape index (κ2) is 12.9. The van der Waals surface area contributed by atoms with Gasteiger partial charge in [-0.2, -0.15) is 0 Å². The molecule has 0 spiro atoms. The Morgan fingerprint density at radius 3 is 1.31 bits per heavy atom. The topological polar surface area (TPSA) is 9.86 Å². The van der Waals surface area contributed by atoms with Gasteiger partial charge in [-0.15, -0.1) is 0 Å². The molecule has 270 valence electrons. The minimum Gasteiger partial charge on any atom is -0.309 e. The summed E-state index contributed by atoms with van der Waals surface area (Å²) in [5, 5.41) is 9.96. The lowest BCUT2D eigenvalue weighted by Gasteiger charge is -2.15. The lowest BCUT2D eigenvalue weighted by atomic mass is 9.95. The van der Waals surface area contributed by atoms with E-state index in [-0.39, 0.29) is 0 Å². The predicted molar refractivity (Wildman–Crippen MR) is 246 cm³/mol. The maximum Gasteiger partial charge on any atom is 0.0547 e. The van der Waals surface area contributed by atoms with E-state index in [4.69, 9.17) is 0 Å². The SMILES string of the molecule is c1ccc(-n2c3ccccc3c3cc(-c4ccc5c6ccccc6n(-c6cc(-c7ccc8ccccc8c7)cc(-c7ccc8ccccc8c7)c6)c5c4)ccc32)cc1. The molecular formula is C56H36N2. The number of benzene rings is 10. The van der Waals surface area contributed by atoms with Gasteiger partial charge in [-0.1, -0.05) is 146 Å². The zero-order chi connectivity index (χ0) is 38.2. The summed E-state index contributed by atoms with van der Waals surface area (Å²) in [5.74, 6) is 0. The van der Waals surface area contributed by atoms with Crippen molar-refractivity contribution in [2.75, 3.05) is 0 Å². The van der Waals surface area contributed by atoms with E-state index in [0.717, 1.165) is 5.69 Å². The van der Waals surface area contributed by atoms with Crippen LogP contribution in [0, 0.1) is 0 Å². The van der Waals surface area contributed by atoms with Crippen LogP contribution in [0.5, 0.6) is 0 Å². The number of hydrogen-bond donors (Lipinski definition) is 0. The van der Waals surface area contributed by atoms with Crippen LogP contribution in [0.3, 0.4) is 0 Å². The number of fused-ring (bicyclic) bond motifs is 8. The van der Waals surface area contributed by atoms with Crippen molar-refractivity contribution in [2.45, 2.75) is 0 Å². The van der Waals surface area contributed by atoms with Gasteiger partial charge < -0.3 is 9.13 Å². The summed E-state index contributed by atoms with van der Waals surface area (Å²) in [6.45, 7) is 0. The third-order valence-corrected chi connectivity index (χ3v) is 12.0. The minimum absolute atomic E-state index is 1.14. The van der Waals surface area contributed by atoms with E-state index in [1.807, 2.05) is 0 Å². The highest BCUT2D eigenvalue weighted by Gasteiger charge is 2.18. The molecule has 0 saturated heterocycles. The zero-order valence-electron chi connectivity index (χ0n) is 31.7. The van der Waals surface area contributed by atoms with Crippen LogP contribution in [0.15, 0.2) is 218 Å². The maximum atomic E-state index is 2.48. The van der Waals surface area contributed by atoms with Gasteiger partial charge in [0, 0.05) is 32.9 Å². The Hall–Kier alpha value is -7.68. The molecule has 0 amide bonds. The summed E-state index contributed by atoms with van der Waals surface area (Å²) >= 11 is 0. The molecule has 0 bridgehead atoms. The van der Waals surface area contributed by atoms with Crippen LogP contribution < -0.4 is 0 Å². The van der Waals surface area contributed by atoms with Crippen LogP contribution in [0.2, 0.25) is 0 Å². The zero-order valence-corrected chi connectivity index (χ0v) is 31.7. The third-order valence-electron chi connectivity index (χ3n) is 12.0. The highest BCUT2D eigenvalue weighted by atomic mass is 15.0. The van der Waals surface area contributed by atoms with Crippen molar-refractivity contribution < 1.29 is 0 Å². The minimum atomic E-state index is 1.14. The first-order valence-electron chi connectivity index (χ1n) is 20.0. The predicted octanol–water partition coefficient (Wildman–Crippen LogP) is 15.2. The molecule has 12 aromatic rings. The summed E-state index contributed by atoms with van der Waals surface area (Å²) in [6, 6.07) is 80.3. The van der Waals surface area contributed by atoms with Crippen LogP contribution in [0.1, 0.15) is 0 Å². The van der Waals surface area contributed by atoms with Crippen LogP contribution in [0.25, 0.3) is 110 Å². The van der Waals surface area contributed by atoms with Crippen LogP contribution in [-0.4, -0.2) is 9.13 Å². The lowest BCUT2D eigenvalue weighted by molar-refractivity contribution is 1.18. The normalized spacial score (nSPS) is 11.8. The molecule has 12 rings (SSSR count). The highest BCUT2D eigenvalue weighted by Crippen LogP contribution is 2.40. The van der Waals surface area contributed by atoms with Gasteiger partial charge in [0.1, 0.15) is 0 Å². The van der Waals surface area contributed by atoms with E-state index in [0.29, 0.717) is 0 Å². The average molecular weight is 737 g/mol. The molecule has 2 heterocycles. The maximum absolute atomic E-state index is 2.48. The molecule has 58 heavy (non-hydrogen) atoms. The van der Waals surface area contributed by atoms with Crippen molar-refractivity contribution in [1.29, 1.82) is 0 Å². The fraction of sp³-hybridized carbons (Fsp3) is 0. The first kappa shape index (κ1) is 32.6. The summed E-state index contributed by atoms with van der Waals surface area (Å²) in [5.41, 5.74) is 14.3. The van der Waals surface area contributed by atoms with Gasteiger partial charge in [-0.3, -0.25) is 0 Å². The van der Waals surface area contributed by atoms with Gasteiger partial charge >= 0.3 is 0 Å². The van der Waals surface area contributed by atoms with Crippen LogP contribution in [-0.2, 0) is 0 Å². The van der Waals surface area contributed by atoms with Gasteiger partial charge in [0.2, 0.25) is 0 Å². The van der Waals surface area contributed by atoms with E-state index in [9.17, 15) is 0 Å². The molecule has 0 aliphatic rings. The molecule has 0 N–H and O–H groups in total. The fourth-order valence-electron chi connectivity index (χ4n) is 9.25. The number of para-hydroxylation sites is 3. The largest absolute Gasteiger partial charge is 0.309 e. The highest BCUT2D eigenvalue weighted by molar-refractivity contribution is 6.12. The van der Waals surface area contributed by atoms with E-state index in [2.05, 4.69) is 228 Å². The fourth-order valence-corrected chi connectivity index (χ4v) is 9.25. The monoisotopic (exact) mass is 736 g/mol. The van der Waals surface area contributed by atoms with E-state index >= 15 is 0 Å². The van der Waals surface area contributed by atoms with Gasteiger partial charge in [-0.05, 0) is 128 Å². The van der Waals surface area contributed by atoms with E-state index in [1.54, 1.807) is 0 Å². The van der Waals surface area contributed by atoms with Gasteiger partial charge in [0.05, 0.1) is 22.1 Å². The quantitative estimate of drug-likeness (QED) is 0.167. The molecule has 0 saturated carbocycles. The average Bonchev–Trinajstić information content (AvgIpc) is 3.81.